The first kappa shape index (κ1) is 19.1. The first-order chi connectivity index (χ1) is 11.7. The van der Waals surface area contributed by atoms with Crippen LogP contribution in [0, 0.1) is 12.1 Å². The first-order valence-corrected chi connectivity index (χ1v) is 9.22. The number of esters is 1. The molecule has 1 unspecified atom stereocenters. The summed E-state index contributed by atoms with van der Waals surface area (Å²) in [5, 5.41) is 19.5. The molecule has 0 bridgehead atoms. The lowest BCUT2D eigenvalue weighted by atomic mass is 10.1. The van der Waals surface area contributed by atoms with Gasteiger partial charge in [0.1, 0.15) is 0 Å². The molecule has 2 rings (SSSR count). The maximum Gasteiger partial charge on any atom is 0.338 e. The van der Waals surface area contributed by atoms with E-state index in [0.717, 1.165) is 11.6 Å². The molecule has 8 heteroatoms. The molecule has 0 fully saturated rings. The van der Waals surface area contributed by atoms with E-state index < -0.39 is 26.8 Å². The van der Waals surface area contributed by atoms with E-state index in [1.54, 1.807) is 19.1 Å². The lowest BCUT2D eigenvalue weighted by molar-refractivity contribution is -0.991. The Labute approximate surface area is 145 Å². The Morgan fingerprint density at radius 3 is 2.40 bits per heavy atom. The molecular formula is C17H19NO6S. The van der Waals surface area contributed by atoms with Gasteiger partial charge in [-0.1, -0.05) is 23.8 Å². The summed E-state index contributed by atoms with van der Waals surface area (Å²) in [6.07, 6.45) is 0. The molecule has 134 valence electrons. The summed E-state index contributed by atoms with van der Waals surface area (Å²) < 4.78 is 29.9. The van der Waals surface area contributed by atoms with Crippen molar-refractivity contribution in [2.24, 2.45) is 0 Å². The third-order valence-electron chi connectivity index (χ3n) is 3.58. The van der Waals surface area contributed by atoms with Crippen LogP contribution in [0.4, 0.5) is 5.69 Å². The van der Waals surface area contributed by atoms with Crippen molar-refractivity contribution in [2.75, 3.05) is 6.61 Å². The van der Waals surface area contributed by atoms with Gasteiger partial charge < -0.3 is 9.94 Å². The van der Waals surface area contributed by atoms with Gasteiger partial charge in [0.25, 0.3) is 0 Å². The highest BCUT2D eigenvalue weighted by atomic mass is 32.2. The minimum atomic E-state index is -3.71. The molecule has 0 saturated carbocycles. The molecule has 0 aliphatic rings. The highest BCUT2D eigenvalue weighted by Gasteiger charge is 2.21. The summed E-state index contributed by atoms with van der Waals surface area (Å²) in [6.45, 7) is 3.64. The van der Waals surface area contributed by atoms with Crippen LogP contribution < -0.4 is 5.23 Å². The lowest BCUT2D eigenvalue weighted by Crippen LogP contribution is -2.99. The molecule has 0 heterocycles. The van der Waals surface area contributed by atoms with Crippen LogP contribution in [0.25, 0.3) is 0 Å². The minimum Gasteiger partial charge on any atom is -0.595 e. The fourth-order valence-corrected chi connectivity index (χ4v) is 3.66. The molecular weight excluding hydrogens is 346 g/mol. The average molecular weight is 365 g/mol. The topological polar surface area (TPSA) is 108 Å². The molecule has 0 saturated heterocycles. The van der Waals surface area contributed by atoms with Crippen molar-refractivity contribution in [1.29, 1.82) is 0 Å². The SMILES string of the molecule is CCOC(=O)c1ccc(CS(=O)(=O)c2ccc(C)cc2)c([NH+]([O-])O)c1. The number of ether oxygens (including phenoxy) is 1. The first-order valence-electron chi connectivity index (χ1n) is 7.57. The number of carbonyl (C=O) groups is 1. The smallest absolute Gasteiger partial charge is 0.338 e. The zero-order chi connectivity index (χ0) is 18.6. The average Bonchev–Trinajstić information content (AvgIpc) is 2.55. The highest BCUT2D eigenvalue weighted by Crippen LogP contribution is 2.22. The Hall–Kier alpha value is -2.26. The monoisotopic (exact) mass is 365 g/mol. The molecule has 2 N–H and O–H groups in total. The van der Waals surface area contributed by atoms with Crippen molar-refractivity contribution in [3.63, 3.8) is 0 Å². The van der Waals surface area contributed by atoms with Crippen LogP contribution in [-0.4, -0.2) is 26.2 Å². The van der Waals surface area contributed by atoms with Crippen LogP contribution in [0.3, 0.4) is 0 Å². The predicted molar refractivity (Wildman–Crippen MR) is 90.2 cm³/mol. The molecule has 0 spiro atoms. The third kappa shape index (κ3) is 4.64. The number of hydrogen-bond acceptors (Lipinski definition) is 6. The molecule has 1 atom stereocenters. The van der Waals surface area contributed by atoms with Gasteiger partial charge in [-0.05, 0) is 32.0 Å². The van der Waals surface area contributed by atoms with Gasteiger partial charge in [0.2, 0.25) is 0 Å². The second kappa shape index (κ2) is 7.75. The second-order valence-electron chi connectivity index (χ2n) is 5.47. The van der Waals surface area contributed by atoms with E-state index in [0.29, 0.717) is 0 Å². The van der Waals surface area contributed by atoms with Crippen molar-refractivity contribution in [2.45, 2.75) is 24.5 Å². The predicted octanol–water partition coefficient (Wildman–Crippen LogP) is 1.55. The number of nitrogens with one attached hydrogen (secondary N) is 1. The Kier molecular flexibility index (Phi) is 5.91. The van der Waals surface area contributed by atoms with Gasteiger partial charge in [-0.25, -0.2) is 18.4 Å². The second-order valence-corrected chi connectivity index (χ2v) is 7.46. The van der Waals surface area contributed by atoms with E-state index in [1.165, 1.54) is 24.3 Å². The summed E-state index contributed by atoms with van der Waals surface area (Å²) in [5.74, 6) is -1.13. The van der Waals surface area contributed by atoms with Crippen LogP contribution in [0.5, 0.6) is 0 Å². The molecule has 2 aromatic carbocycles. The maximum absolute atomic E-state index is 12.5. The molecule has 0 amide bonds. The summed E-state index contributed by atoms with van der Waals surface area (Å²) in [5.41, 5.74) is 0.863. The van der Waals surface area contributed by atoms with Crippen LogP contribution in [0.2, 0.25) is 0 Å². The zero-order valence-electron chi connectivity index (χ0n) is 13.9. The van der Waals surface area contributed by atoms with Crippen LogP contribution in [0.1, 0.15) is 28.4 Å². The minimum absolute atomic E-state index is 0.0655. The molecule has 2 aromatic rings. The van der Waals surface area contributed by atoms with Gasteiger partial charge in [-0.2, -0.15) is 5.23 Å². The number of hydrogen-bond donors (Lipinski definition) is 2. The van der Waals surface area contributed by atoms with Crippen LogP contribution in [-0.2, 0) is 20.3 Å². The summed E-state index contributed by atoms with van der Waals surface area (Å²) in [4.78, 5) is 11.9. The van der Waals surface area contributed by atoms with E-state index in [2.05, 4.69) is 0 Å². The molecule has 0 aliphatic heterocycles. The third-order valence-corrected chi connectivity index (χ3v) is 5.26. The fourth-order valence-electron chi connectivity index (χ4n) is 2.28. The summed E-state index contributed by atoms with van der Waals surface area (Å²) in [7, 11) is -3.71. The van der Waals surface area contributed by atoms with Crippen molar-refractivity contribution >= 4 is 21.5 Å². The number of aryl methyl sites for hydroxylation is 1. The van der Waals surface area contributed by atoms with E-state index >= 15 is 0 Å². The summed E-state index contributed by atoms with van der Waals surface area (Å²) >= 11 is 0. The van der Waals surface area contributed by atoms with E-state index in [4.69, 9.17) is 4.74 Å². The highest BCUT2D eigenvalue weighted by molar-refractivity contribution is 7.90. The van der Waals surface area contributed by atoms with E-state index in [9.17, 15) is 23.6 Å². The maximum atomic E-state index is 12.5. The van der Waals surface area contributed by atoms with Gasteiger partial charge in [-0.15, -0.1) is 0 Å². The molecule has 7 nitrogen and oxygen atoms in total. The summed E-state index contributed by atoms with van der Waals surface area (Å²) in [6, 6.07) is 10.2. The van der Waals surface area contributed by atoms with E-state index in [-0.39, 0.29) is 28.3 Å². The van der Waals surface area contributed by atoms with E-state index in [1.807, 2.05) is 6.92 Å². The van der Waals surface area contributed by atoms with Gasteiger partial charge in [0.05, 0.1) is 22.8 Å². The molecule has 0 aromatic heterocycles. The van der Waals surface area contributed by atoms with Gasteiger partial charge in [0, 0.05) is 11.6 Å². The van der Waals surface area contributed by atoms with Crippen LogP contribution in [0.15, 0.2) is 47.4 Å². The normalized spacial score (nSPS) is 12.6. The number of sulfone groups is 1. The van der Waals surface area contributed by atoms with Crippen molar-refractivity contribution < 1.29 is 28.4 Å². The number of quaternary nitrogens is 1. The largest absolute Gasteiger partial charge is 0.595 e. The molecule has 25 heavy (non-hydrogen) atoms. The molecule has 0 aliphatic carbocycles. The number of rotatable bonds is 6. The standard InChI is InChI=1S/C17H19NO6S/c1-3-24-17(19)13-6-7-14(16(10-13)18(20)21)11-25(22,23)15-8-4-12(2)5-9-15/h4-10,18,20H,3,11H2,1-2H3. The van der Waals surface area contributed by atoms with Gasteiger partial charge in [-0.3, -0.25) is 0 Å². The lowest BCUT2D eigenvalue weighted by Gasteiger charge is -2.17. The fraction of sp³-hybridized carbons (Fsp3) is 0.235. The van der Waals surface area contributed by atoms with Crippen molar-refractivity contribution in [3.05, 3.63) is 64.4 Å². The van der Waals surface area contributed by atoms with Crippen molar-refractivity contribution in [3.8, 4) is 0 Å². The Balaban J connectivity index is 2.38. The number of carbonyl (C=O) groups excluding carboxylic acids is 1. The van der Waals surface area contributed by atoms with Crippen LogP contribution >= 0.6 is 0 Å². The quantitative estimate of drug-likeness (QED) is 0.594. The van der Waals surface area contributed by atoms with Gasteiger partial charge >= 0.3 is 5.97 Å². The van der Waals surface area contributed by atoms with Crippen molar-refractivity contribution in [1.82, 2.24) is 0 Å². The van der Waals surface area contributed by atoms with Gasteiger partial charge in [0.15, 0.2) is 15.5 Å². The Morgan fingerprint density at radius 1 is 1.20 bits per heavy atom. The molecule has 0 radical (unpaired) electrons. The number of benzene rings is 2. The Bertz CT molecular complexity index is 859. The Morgan fingerprint density at radius 2 is 1.84 bits per heavy atom. The zero-order valence-corrected chi connectivity index (χ0v) is 14.7.